The Labute approximate surface area is 171 Å². The maximum atomic E-state index is 13.1. The van der Waals surface area contributed by atoms with Crippen molar-refractivity contribution in [2.45, 2.75) is 32.0 Å². The van der Waals surface area contributed by atoms with Crippen LogP contribution < -0.4 is 5.56 Å². The van der Waals surface area contributed by atoms with E-state index in [1.54, 1.807) is 0 Å². The van der Waals surface area contributed by atoms with Crippen LogP contribution in [0.3, 0.4) is 0 Å². The van der Waals surface area contributed by atoms with E-state index in [0.29, 0.717) is 11.8 Å². The molecule has 152 valence electrons. The van der Waals surface area contributed by atoms with Crippen molar-refractivity contribution in [3.8, 4) is 0 Å². The SMILES string of the molecule is CSCCN(C)Cc1ccc2n(c1=O)C[C@H]1C[C@@H]2CN(Cc2cncn2C)C1. The minimum atomic E-state index is 0.225. The number of nitrogens with zero attached hydrogens (tertiary/aromatic N) is 5. The van der Waals surface area contributed by atoms with E-state index in [1.165, 1.54) is 17.8 Å². The zero-order valence-electron chi connectivity index (χ0n) is 17.2. The van der Waals surface area contributed by atoms with Crippen LogP contribution in [0.1, 0.15) is 29.3 Å². The third kappa shape index (κ3) is 4.07. The van der Waals surface area contributed by atoms with Gasteiger partial charge in [-0.3, -0.25) is 9.69 Å². The fourth-order valence-corrected chi connectivity index (χ4v) is 5.22. The Balaban J connectivity index is 1.50. The quantitative estimate of drug-likeness (QED) is 0.710. The standard InChI is InChI=1S/C21H31N5OS/c1-23(6-7-28-3)12-17-4-5-20-18-8-16(11-26(20)21(17)27)10-25(13-18)14-19-9-22-15-24(19)2/h4-5,9,15-16,18H,6-8,10-14H2,1-3H3/t16-,18+/m0/s1. The summed E-state index contributed by atoms with van der Waals surface area (Å²) in [6, 6.07) is 4.29. The van der Waals surface area contributed by atoms with E-state index in [2.05, 4.69) is 56.4 Å². The first-order valence-corrected chi connectivity index (χ1v) is 11.5. The molecule has 0 aliphatic carbocycles. The molecule has 2 aromatic rings. The molecule has 4 heterocycles. The lowest BCUT2D eigenvalue weighted by Crippen LogP contribution is -2.47. The zero-order valence-corrected chi connectivity index (χ0v) is 18.0. The molecule has 2 bridgehead atoms. The van der Waals surface area contributed by atoms with Gasteiger partial charge in [0.25, 0.3) is 5.56 Å². The van der Waals surface area contributed by atoms with Crippen molar-refractivity contribution in [2.24, 2.45) is 13.0 Å². The smallest absolute Gasteiger partial charge is 0.255 e. The molecule has 0 unspecified atom stereocenters. The van der Waals surface area contributed by atoms with Crippen LogP contribution in [0.5, 0.6) is 0 Å². The van der Waals surface area contributed by atoms with Gasteiger partial charge in [-0.1, -0.05) is 6.07 Å². The van der Waals surface area contributed by atoms with Crippen LogP contribution in [0.4, 0.5) is 0 Å². The minimum Gasteiger partial charge on any atom is -0.337 e. The number of pyridine rings is 1. The number of rotatable bonds is 7. The third-order valence-electron chi connectivity index (χ3n) is 6.18. The first kappa shape index (κ1) is 19.7. The number of piperidine rings is 1. The van der Waals surface area contributed by atoms with Crippen LogP contribution in [0.2, 0.25) is 0 Å². The molecule has 6 nitrogen and oxygen atoms in total. The molecule has 4 rings (SSSR count). The molecule has 0 saturated carbocycles. The molecule has 1 fully saturated rings. The number of hydrogen-bond acceptors (Lipinski definition) is 5. The average molecular weight is 402 g/mol. The number of aryl methyl sites for hydroxylation is 1. The third-order valence-corrected chi connectivity index (χ3v) is 6.77. The molecule has 2 aliphatic heterocycles. The number of thioether (sulfide) groups is 1. The van der Waals surface area contributed by atoms with Crippen molar-refractivity contribution in [2.75, 3.05) is 38.7 Å². The second-order valence-corrected chi connectivity index (χ2v) is 9.40. The lowest BCUT2D eigenvalue weighted by atomic mass is 9.83. The van der Waals surface area contributed by atoms with Gasteiger partial charge in [0.2, 0.25) is 0 Å². The van der Waals surface area contributed by atoms with Crippen LogP contribution in [-0.4, -0.2) is 62.6 Å². The molecule has 0 N–H and O–H groups in total. The second-order valence-electron chi connectivity index (χ2n) is 8.42. The van der Waals surface area contributed by atoms with E-state index in [1.807, 2.05) is 24.3 Å². The van der Waals surface area contributed by atoms with E-state index in [0.717, 1.165) is 50.6 Å². The molecular formula is C21H31N5OS. The Bertz CT molecular complexity index is 876. The van der Waals surface area contributed by atoms with Gasteiger partial charge in [-0.05, 0) is 31.7 Å². The molecule has 0 spiro atoms. The molecule has 2 atom stereocenters. The van der Waals surface area contributed by atoms with E-state index in [-0.39, 0.29) is 5.56 Å². The molecule has 1 saturated heterocycles. The zero-order chi connectivity index (χ0) is 19.7. The van der Waals surface area contributed by atoms with Crippen LogP contribution in [0, 0.1) is 5.92 Å². The van der Waals surface area contributed by atoms with Crippen molar-refractivity contribution in [3.63, 3.8) is 0 Å². The monoisotopic (exact) mass is 401 g/mol. The van der Waals surface area contributed by atoms with Crippen molar-refractivity contribution in [3.05, 3.63) is 52.0 Å². The summed E-state index contributed by atoms with van der Waals surface area (Å²) in [6.07, 6.45) is 7.15. The van der Waals surface area contributed by atoms with Gasteiger partial charge in [0.05, 0.1) is 12.0 Å². The highest BCUT2D eigenvalue weighted by Gasteiger charge is 2.35. The lowest BCUT2D eigenvalue weighted by Gasteiger charge is -2.43. The van der Waals surface area contributed by atoms with Gasteiger partial charge in [-0.15, -0.1) is 0 Å². The highest BCUT2D eigenvalue weighted by atomic mass is 32.2. The fraction of sp³-hybridized carbons (Fsp3) is 0.619. The Morgan fingerprint density at radius 1 is 1.29 bits per heavy atom. The Kier molecular flexibility index (Phi) is 5.94. The van der Waals surface area contributed by atoms with Crippen LogP contribution >= 0.6 is 11.8 Å². The van der Waals surface area contributed by atoms with Gasteiger partial charge >= 0.3 is 0 Å². The molecule has 2 aliphatic rings. The van der Waals surface area contributed by atoms with E-state index in [9.17, 15) is 4.79 Å². The van der Waals surface area contributed by atoms with Gasteiger partial charge in [0.1, 0.15) is 0 Å². The summed E-state index contributed by atoms with van der Waals surface area (Å²) < 4.78 is 4.18. The molecule has 28 heavy (non-hydrogen) atoms. The second kappa shape index (κ2) is 8.43. The highest BCUT2D eigenvalue weighted by Crippen LogP contribution is 2.35. The topological polar surface area (TPSA) is 46.3 Å². The Morgan fingerprint density at radius 3 is 2.89 bits per heavy atom. The van der Waals surface area contributed by atoms with E-state index >= 15 is 0 Å². The van der Waals surface area contributed by atoms with Gasteiger partial charge in [-0.2, -0.15) is 11.8 Å². The number of fused-ring (bicyclic) bond motifs is 4. The minimum absolute atomic E-state index is 0.225. The maximum absolute atomic E-state index is 13.1. The molecule has 0 radical (unpaired) electrons. The molecular weight excluding hydrogens is 370 g/mol. The summed E-state index contributed by atoms with van der Waals surface area (Å²) in [5.74, 6) is 2.11. The van der Waals surface area contributed by atoms with E-state index < -0.39 is 0 Å². The highest BCUT2D eigenvalue weighted by molar-refractivity contribution is 7.98. The molecule has 7 heteroatoms. The van der Waals surface area contributed by atoms with Gasteiger partial charge in [0.15, 0.2) is 0 Å². The molecule has 2 aromatic heterocycles. The Hall–Kier alpha value is -1.57. The summed E-state index contributed by atoms with van der Waals surface area (Å²) >= 11 is 1.85. The average Bonchev–Trinajstić information content (AvgIpc) is 3.07. The number of aromatic nitrogens is 3. The van der Waals surface area contributed by atoms with Crippen molar-refractivity contribution < 1.29 is 0 Å². The fourth-order valence-electron chi connectivity index (χ4n) is 4.72. The van der Waals surface area contributed by atoms with Crippen molar-refractivity contribution >= 4 is 11.8 Å². The van der Waals surface area contributed by atoms with Gasteiger partial charge < -0.3 is 14.0 Å². The summed E-state index contributed by atoms with van der Waals surface area (Å²) in [5, 5.41) is 0. The summed E-state index contributed by atoms with van der Waals surface area (Å²) in [4.78, 5) is 22.2. The normalized spacial score (nSPS) is 21.9. The molecule has 0 aromatic carbocycles. The first-order chi connectivity index (χ1) is 13.5. The summed E-state index contributed by atoms with van der Waals surface area (Å²) in [6.45, 7) is 5.62. The van der Waals surface area contributed by atoms with Crippen molar-refractivity contribution in [1.29, 1.82) is 0 Å². The largest absolute Gasteiger partial charge is 0.337 e. The van der Waals surface area contributed by atoms with E-state index in [4.69, 9.17) is 0 Å². The molecule has 0 amide bonds. The van der Waals surface area contributed by atoms with Gasteiger partial charge in [-0.25, -0.2) is 4.98 Å². The lowest BCUT2D eigenvalue weighted by molar-refractivity contribution is 0.112. The van der Waals surface area contributed by atoms with Crippen molar-refractivity contribution in [1.82, 2.24) is 23.9 Å². The summed E-state index contributed by atoms with van der Waals surface area (Å²) in [5.41, 5.74) is 3.63. The first-order valence-electron chi connectivity index (χ1n) is 10.1. The van der Waals surface area contributed by atoms with Gasteiger partial charge in [0, 0.05) is 75.4 Å². The Morgan fingerprint density at radius 2 is 2.14 bits per heavy atom. The number of likely N-dealkylation sites (tertiary alicyclic amines) is 1. The summed E-state index contributed by atoms with van der Waals surface area (Å²) in [7, 11) is 4.16. The maximum Gasteiger partial charge on any atom is 0.255 e. The van der Waals surface area contributed by atoms with Crippen LogP contribution in [0.25, 0.3) is 0 Å². The number of hydrogen-bond donors (Lipinski definition) is 0. The van der Waals surface area contributed by atoms with Crippen LogP contribution in [0.15, 0.2) is 29.5 Å². The predicted molar refractivity (Wildman–Crippen MR) is 115 cm³/mol. The predicted octanol–water partition coefficient (Wildman–Crippen LogP) is 2.00. The number of imidazole rings is 1. The van der Waals surface area contributed by atoms with Crippen LogP contribution in [-0.2, 0) is 26.7 Å².